The summed E-state index contributed by atoms with van der Waals surface area (Å²) in [6.07, 6.45) is 2.12. The third-order valence-corrected chi connectivity index (χ3v) is 7.83. The molecule has 1 amide bonds. The van der Waals surface area contributed by atoms with Crippen molar-refractivity contribution in [1.29, 1.82) is 0 Å². The second-order valence-electron chi connectivity index (χ2n) is 6.93. The highest BCUT2D eigenvalue weighted by atomic mass is 32.2. The number of ether oxygens (including phenoxy) is 1. The summed E-state index contributed by atoms with van der Waals surface area (Å²) >= 11 is 1.45. The Morgan fingerprint density at radius 2 is 1.75 bits per heavy atom. The van der Waals surface area contributed by atoms with Crippen LogP contribution in [0.2, 0.25) is 0 Å². The molecule has 0 bridgehead atoms. The third-order valence-electron chi connectivity index (χ3n) is 5.07. The van der Waals surface area contributed by atoms with E-state index in [0.717, 1.165) is 29.1 Å². The Kier molecular flexibility index (Phi) is 5.77. The first-order chi connectivity index (χ1) is 13.5. The summed E-state index contributed by atoms with van der Waals surface area (Å²) in [5.41, 5.74) is 1.61. The van der Waals surface area contributed by atoms with Crippen molar-refractivity contribution < 1.29 is 17.9 Å². The number of rotatable bonds is 5. The van der Waals surface area contributed by atoms with E-state index in [1.54, 1.807) is 28.6 Å². The Labute approximate surface area is 169 Å². The molecular formula is C19H23N3O4S2. The summed E-state index contributed by atoms with van der Waals surface area (Å²) in [7, 11) is -3.41. The van der Waals surface area contributed by atoms with Crippen molar-refractivity contribution in [2.24, 2.45) is 0 Å². The monoisotopic (exact) mass is 421 g/mol. The summed E-state index contributed by atoms with van der Waals surface area (Å²) in [6.45, 7) is 3.62. The lowest BCUT2D eigenvalue weighted by atomic mass is 10.2. The number of aromatic nitrogens is 1. The molecule has 9 heteroatoms. The predicted molar refractivity (Wildman–Crippen MR) is 107 cm³/mol. The van der Waals surface area contributed by atoms with Crippen LogP contribution >= 0.6 is 11.3 Å². The maximum absolute atomic E-state index is 12.6. The van der Waals surface area contributed by atoms with E-state index in [2.05, 4.69) is 4.98 Å². The summed E-state index contributed by atoms with van der Waals surface area (Å²) in [6, 6.07) is 6.85. The molecule has 0 aliphatic carbocycles. The van der Waals surface area contributed by atoms with Crippen molar-refractivity contribution in [3.05, 3.63) is 34.7 Å². The molecule has 0 saturated carbocycles. The topological polar surface area (TPSA) is 79.8 Å². The van der Waals surface area contributed by atoms with Crippen molar-refractivity contribution >= 4 is 27.3 Å². The quantitative estimate of drug-likeness (QED) is 0.738. The van der Waals surface area contributed by atoms with Crippen LogP contribution in [0.1, 0.15) is 17.8 Å². The zero-order valence-corrected chi connectivity index (χ0v) is 17.2. The first kappa shape index (κ1) is 19.5. The summed E-state index contributed by atoms with van der Waals surface area (Å²) in [5, 5.41) is 2.67. The maximum Gasteiger partial charge on any atom is 0.243 e. The molecule has 0 N–H and O–H groups in total. The lowest BCUT2D eigenvalue weighted by molar-refractivity contribution is -0.134. The van der Waals surface area contributed by atoms with Gasteiger partial charge in [0.25, 0.3) is 0 Å². The molecule has 4 rings (SSSR count). The smallest absolute Gasteiger partial charge is 0.243 e. The van der Waals surface area contributed by atoms with Gasteiger partial charge in [0.05, 0.1) is 30.2 Å². The molecule has 1 aromatic carbocycles. The van der Waals surface area contributed by atoms with Crippen LogP contribution in [-0.4, -0.2) is 67.9 Å². The number of thiazole rings is 1. The zero-order chi connectivity index (χ0) is 19.6. The second-order valence-corrected chi connectivity index (χ2v) is 9.81. The van der Waals surface area contributed by atoms with Gasteiger partial charge in [-0.1, -0.05) is 12.1 Å². The van der Waals surface area contributed by atoms with Crippen LogP contribution < -0.4 is 0 Å². The second kappa shape index (κ2) is 8.28. The average Bonchev–Trinajstić information content (AvgIpc) is 3.41. The van der Waals surface area contributed by atoms with E-state index in [9.17, 15) is 13.2 Å². The van der Waals surface area contributed by atoms with Crippen LogP contribution in [0.4, 0.5) is 0 Å². The molecule has 2 aliphatic heterocycles. The van der Waals surface area contributed by atoms with Gasteiger partial charge in [-0.15, -0.1) is 11.3 Å². The van der Waals surface area contributed by atoms with Crippen LogP contribution in [0.15, 0.2) is 34.5 Å². The standard InChI is InChI=1S/C19H23N3O4S2/c23-19(21-9-11-26-12-10-21)13-18-20-17(14-27-18)15-3-5-16(6-4-15)28(24,25)22-7-1-2-8-22/h3-6,14H,1-2,7-13H2. The Morgan fingerprint density at radius 3 is 2.43 bits per heavy atom. The Morgan fingerprint density at radius 1 is 1.07 bits per heavy atom. The van der Waals surface area contributed by atoms with E-state index >= 15 is 0 Å². The maximum atomic E-state index is 12.6. The van der Waals surface area contributed by atoms with Crippen molar-refractivity contribution in [2.75, 3.05) is 39.4 Å². The molecule has 7 nitrogen and oxygen atoms in total. The first-order valence-corrected chi connectivity index (χ1v) is 11.8. The highest BCUT2D eigenvalue weighted by Crippen LogP contribution is 2.26. The van der Waals surface area contributed by atoms with Gasteiger partial charge in [0, 0.05) is 37.1 Å². The highest BCUT2D eigenvalue weighted by molar-refractivity contribution is 7.89. The molecule has 0 spiro atoms. The Balaban J connectivity index is 1.44. The van der Waals surface area contributed by atoms with Crippen LogP contribution in [0, 0.1) is 0 Å². The van der Waals surface area contributed by atoms with Crippen molar-refractivity contribution in [3.63, 3.8) is 0 Å². The normalized spacial score (nSPS) is 18.5. The number of hydrogen-bond acceptors (Lipinski definition) is 6. The van der Waals surface area contributed by atoms with Crippen molar-refractivity contribution in [1.82, 2.24) is 14.2 Å². The van der Waals surface area contributed by atoms with Gasteiger partial charge in [-0.2, -0.15) is 4.31 Å². The molecule has 1 aromatic heterocycles. The van der Waals surface area contributed by atoms with E-state index in [1.807, 2.05) is 10.3 Å². The molecule has 2 aliphatic rings. The molecule has 3 heterocycles. The molecule has 0 atom stereocenters. The summed E-state index contributed by atoms with van der Waals surface area (Å²) in [5.74, 6) is 0.0660. The number of hydrogen-bond donors (Lipinski definition) is 0. The molecule has 2 saturated heterocycles. The van der Waals surface area contributed by atoms with Crippen molar-refractivity contribution in [2.45, 2.75) is 24.2 Å². The van der Waals surface area contributed by atoms with Gasteiger partial charge >= 0.3 is 0 Å². The SMILES string of the molecule is O=C(Cc1nc(-c2ccc(S(=O)(=O)N3CCCC3)cc2)cs1)N1CCOCC1. The van der Waals surface area contributed by atoms with Gasteiger partial charge in [0.2, 0.25) is 15.9 Å². The largest absolute Gasteiger partial charge is 0.378 e. The molecular weight excluding hydrogens is 398 g/mol. The fraction of sp³-hybridized carbons (Fsp3) is 0.474. The van der Waals surface area contributed by atoms with E-state index in [-0.39, 0.29) is 12.3 Å². The molecule has 0 unspecified atom stereocenters. The number of morpholine rings is 1. The van der Waals surface area contributed by atoms with Crippen LogP contribution in [-0.2, 0) is 26.0 Å². The minimum absolute atomic E-state index is 0.0660. The Hall–Kier alpha value is -1.81. The zero-order valence-electron chi connectivity index (χ0n) is 15.5. The van der Waals surface area contributed by atoms with Gasteiger partial charge in [-0.25, -0.2) is 13.4 Å². The fourth-order valence-electron chi connectivity index (χ4n) is 3.45. The third kappa shape index (κ3) is 4.12. The summed E-state index contributed by atoms with van der Waals surface area (Å²) in [4.78, 5) is 19.0. The molecule has 2 aromatic rings. The minimum atomic E-state index is -3.41. The van der Waals surface area contributed by atoms with Gasteiger partial charge < -0.3 is 9.64 Å². The van der Waals surface area contributed by atoms with Gasteiger partial charge in [0.1, 0.15) is 5.01 Å². The predicted octanol–water partition coefficient (Wildman–Crippen LogP) is 2.00. The van der Waals surface area contributed by atoms with Gasteiger partial charge in [-0.3, -0.25) is 4.79 Å². The van der Waals surface area contributed by atoms with Gasteiger partial charge in [0.15, 0.2) is 0 Å². The molecule has 0 radical (unpaired) electrons. The number of sulfonamides is 1. The number of amides is 1. The van der Waals surface area contributed by atoms with E-state index in [0.29, 0.717) is 44.3 Å². The molecule has 150 valence electrons. The lowest BCUT2D eigenvalue weighted by Gasteiger charge is -2.26. The lowest BCUT2D eigenvalue weighted by Crippen LogP contribution is -2.41. The fourth-order valence-corrected chi connectivity index (χ4v) is 5.77. The highest BCUT2D eigenvalue weighted by Gasteiger charge is 2.27. The van der Waals surface area contributed by atoms with Crippen LogP contribution in [0.25, 0.3) is 11.3 Å². The van der Waals surface area contributed by atoms with Crippen LogP contribution in [0.5, 0.6) is 0 Å². The average molecular weight is 422 g/mol. The van der Waals surface area contributed by atoms with Crippen LogP contribution in [0.3, 0.4) is 0 Å². The van der Waals surface area contributed by atoms with Gasteiger partial charge in [-0.05, 0) is 25.0 Å². The van der Waals surface area contributed by atoms with E-state index in [4.69, 9.17) is 4.74 Å². The number of nitrogens with zero attached hydrogens (tertiary/aromatic N) is 3. The minimum Gasteiger partial charge on any atom is -0.378 e. The molecule has 28 heavy (non-hydrogen) atoms. The summed E-state index contributed by atoms with van der Waals surface area (Å²) < 4.78 is 32.1. The first-order valence-electron chi connectivity index (χ1n) is 9.44. The number of carbonyl (C=O) groups is 1. The number of benzene rings is 1. The van der Waals surface area contributed by atoms with E-state index in [1.165, 1.54) is 11.3 Å². The number of carbonyl (C=O) groups excluding carboxylic acids is 1. The Bertz CT molecular complexity index is 928. The molecule has 2 fully saturated rings. The van der Waals surface area contributed by atoms with Crippen molar-refractivity contribution in [3.8, 4) is 11.3 Å². The van der Waals surface area contributed by atoms with E-state index < -0.39 is 10.0 Å².